The molecule has 0 aliphatic carbocycles. The van der Waals surface area contributed by atoms with E-state index < -0.39 is 17.4 Å². The first kappa shape index (κ1) is 27.6. The number of likely N-dealkylation sites (N-methyl/N-ethyl adjacent to an activating group) is 2. The van der Waals surface area contributed by atoms with Crippen LogP contribution in [-0.4, -0.2) is 53.1 Å². The number of anilines is 1. The van der Waals surface area contributed by atoms with Gasteiger partial charge in [0, 0.05) is 43.3 Å². The number of pyridine rings is 1. The van der Waals surface area contributed by atoms with Gasteiger partial charge in [-0.15, -0.1) is 0 Å². The first-order chi connectivity index (χ1) is 19.2. The largest absolute Gasteiger partial charge is 0.391 e. The summed E-state index contributed by atoms with van der Waals surface area (Å²) < 4.78 is 1.68. The van der Waals surface area contributed by atoms with Gasteiger partial charge in [0.05, 0.1) is 17.3 Å². The van der Waals surface area contributed by atoms with Crippen molar-refractivity contribution in [2.24, 2.45) is 0 Å². The van der Waals surface area contributed by atoms with Crippen molar-refractivity contribution in [3.63, 3.8) is 0 Å². The molecule has 2 N–H and O–H groups in total. The highest BCUT2D eigenvalue weighted by Gasteiger charge is 2.27. The molecule has 8 nitrogen and oxygen atoms in total. The van der Waals surface area contributed by atoms with Gasteiger partial charge in [-0.05, 0) is 54.4 Å². The smallest absolute Gasteiger partial charge is 0.257 e. The molecule has 0 saturated carbocycles. The second-order valence-electron chi connectivity index (χ2n) is 10.3. The number of hydrogen-bond acceptors (Lipinski definition) is 5. The number of aromatic nitrogens is 1. The Morgan fingerprint density at radius 2 is 1.77 bits per heavy atom. The quantitative estimate of drug-likeness (QED) is 0.327. The number of nitrogens with one attached hydrogen (secondary N) is 1. The van der Waals surface area contributed by atoms with E-state index in [1.807, 2.05) is 48.3 Å². The number of rotatable bonds is 9. The zero-order valence-corrected chi connectivity index (χ0v) is 23.2. The third-order valence-electron chi connectivity index (χ3n) is 7.15. The third kappa shape index (κ3) is 5.94. The lowest BCUT2D eigenvalue weighted by atomic mass is 10.0. The van der Waals surface area contributed by atoms with Gasteiger partial charge in [0.15, 0.2) is 0 Å². The van der Waals surface area contributed by atoms with Crippen LogP contribution >= 0.6 is 11.6 Å². The topological polar surface area (TPSA) is 94.9 Å². The fourth-order valence-electron chi connectivity index (χ4n) is 5.16. The van der Waals surface area contributed by atoms with Crippen molar-refractivity contribution in [2.45, 2.75) is 32.2 Å². The second kappa shape index (κ2) is 11.6. The van der Waals surface area contributed by atoms with Crippen LogP contribution in [0.1, 0.15) is 27.0 Å². The predicted octanol–water partition coefficient (Wildman–Crippen LogP) is 3.60. The number of benzene rings is 3. The Labute approximate surface area is 237 Å². The average Bonchev–Trinajstić information content (AvgIpc) is 2.93. The Hall–Kier alpha value is -3.98. The standard InChI is InChI=1S/C31H31ClN4O4/c1-34(17-24(37)12-20-6-4-3-5-7-20)16-22-13-25-29-27(14-22)35(2)28(38)19-36(29)18-26(30(25)39)31(40)33-15-21-8-10-23(32)11-9-21/h3-11,13-14,18,24,37H,12,15-17,19H2,1-2H3,(H,33,40). The number of carbonyl (C=O) groups is 2. The Kier molecular flexibility index (Phi) is 8.02. The second-order valence-corrected chi connectivity index (χ2v) is 10.7. The maximum absolute atomic E-state index is 13.6. The molecule has 4 aromatic rings. The van der Waals surface area contributed by atoms with Crippen LogP contribution < -0.4 is 15.6 Å². The highest BCUT2D eigenvalue weighted by molar-refractivity contribution is 6.30. The lowest BCUT2D eigenvalue weighted by Gasteiger charge is -2.29. The summed E-state index contributed by atoms with van der Waals surface area (Å²) in [7, 11) is 3.59. The van der Waals surface area contributed by atoms with Gasteiger partial charge in [-0.2, -0.15) is 0 Å². The predicted molar refractivity (Wildman–Crippen MR) is 157 cm³/mol. The number of aliphatic hydroxyl groups excluding tert-OH is 1. The summed E-state index contributed by atoms with van der Waals surface area (Å²) in [6, 6.07) is 20.6. The SMILES string of the molecule is CN(Cc1cc2c3c(c1)c(=O)c(C(=O)NCc1ccc(Cl)cc1)cn3CC(=O)N2C)CC(O)Cc1ccccc1. The molecule has 206 valence electrons. The van der Waals surface area contributed by atoms with Crippen molar-refractivity contribution in [1.29, 1.82) is 0 Å². The van der Waals surface area contributed by atoms with Crippen LogP contribution in [0.3, 0.4) is 0 Å². The van der Waals surface area contributed by atoms with Crippen molar-refractivity contribution in [1.82, 2.24) is 14.8 Å². The zero-order chi connectivity index (χ0) is 28.4. The van der Waals surface area contributed by atoms with Crippen LogP contribution in [0.25, 0.3) is 10.9 Å². The molecule has 2 heterocycles. The summed E-state index contributed by atoms with van der Waals surface area (Å²) in [5.41, 5.74) is 3.54. The molecule has 40 heavy (non-hydrogen) atoms. The van der Waals surface area contributed by atoms with Gasteiger partial charge in [0.25, 0.3) is 5.91 Å². The summed E-state index contributed by atoms with van der Waals surface area (Å²) in [6.07, 6.45) is 1.44. The lowest BCUT2D eigenvalue weighted by molar-refractivity contribution is -0.119. The highest BCUT2D eigenvalue weighted by Crippen LogP contribution is 2.31. The number of amides is 2. The van der Waals surface area contributed by atoms with Gasteiger partial charge in [0.1, 0.15) is 12.1 Å². The first-order valence-electron chi connectivity index (χ1n) is 13.1. The normalized spacial score (nSPS) is 13.6. The fraction of sp³-hybridized carbons (Fsp3) is 0.258. The van der Waals surface area contributed by atoms with Crippen LogP contribution in [-0.2, 0) is 30.8 Å². The Bertz CT molecular complexity index is 1620. The van der Waals surface area contributed by atoms with Crippen LogP contribution in [0.2, 0.25) is 5.02 Å². The molecule has 9 heteroatoms. The number of aliphatic hydroxyl groups is 1. The molecule has 5 rings (SSSR count). The molecular weight excluding hydrogens is 528 g/mol. The van der Waals surface area contributed by atoms with Gasteiger partial charge in [-0.25, -0.2) is 0 Å². The maximum Gasteiger partial charge on any atom is 0.257 e. The Balaban J connectivity index is 1.42. The average molecular weight is 559 g/mol. The summed E-state index contributed by atoms with van der Waals surface area (Å²) in [5, 5.41) is 14.4. The number of nitrogens with zero attached hydrogens (tertiary/aromatic N) is 3. The van der Waals surface area contributed by atoms with Crippen molar-refractivity contribution in [3.05, 3.63) is 110 Å². The molecule has 1 aromatic heterocycles. The van der Waals surface area contributed by atoms with E-state index in [0.717, 1.165) is 16.7 Å². The third-order valence-corrected chi connectivity index (χ3v) is 7.40. The molecule has 0 saturated heterocycles. The minimum atomic E-state index is -0.566. The first-order valence-corrected chi connectivity index (χ1v) is 13.5. The summed E-state index contributed by atoms with van der Waals surface area (Å²) in [4.78, 5) is 43.1. The van der Waals surface area contributed by atoms with E-state index in [1.54, 1.807) is 46.8 Å². The molecule has 1 unspecified atom stereocenters. The summed E-state index contributed by atoms with van der Waals surface area (Å²) >= 11 is 5.94. The van der Waals surface area contributed by atoms with Gasteiger partial charge in [0.2, 0.25) is 11.3 Å². The minimum Gasteiger partial charge on any atom is -0.391 e. The van der Waals surface area contributed by atoms with E-state index in [0.29, 0.717) is 41.1 Å². The molecule has 2 amide bonds. The van der Waals surface area contributed by atoms with E-state index in [4.69, 9.17) is 11.6 Å². The van der Waals surface area contributed by atoms with E-state index in [2.05, 4.69) is 5.32 Å². The van der Waals surface area contributed by atoms with E-state index >= 15 is 0 Å². The molecule has 1 atom stereocenters. The van der Waals surface area contributed by atoms with Crippen molar-refractivity contribution >= 4 is 40.0 Å². The highest BCUT2D eigenvalue weighted by atomic mass is 35.5. The van der Waals surface area contributed by atoms with Crippen LogP contribution in [0.15, 0.2) is 77.7 Å². The van der Waals surface area contributed by atoms with Crippen LogP contribution in [0.4, 0.5) is 5.69 Å². The number of hydrogen-bond donors (Lipinski definition) is 2. The van der Waals surface area contributed by atoms with Crippen molar-refractivity contribution in [2.75, 3.05) is 25.5 Å². The molecule has 1 aliphatic rings. The molecule has 3 aromatic carbocycles. The van der Waals surface area contributed by atoms with Gasteiger partial charge < -0.3 is 19.9 Å². The lowest BCUT2D eigenvalue weighted by Crippen LogP contribution is -2.37. The molecule has 0 radical (unpaired) electrons. The van der Waals surface area contributed by atoms with E-state index in [-0.39, 0.29) is 24.6 Å². The molecule has 0 bridgehead atoms. The number of halogens is 1. The summed E-state index contributed by atoms with van der Waals surface area (Å²) in [5.74, 6) is -0.654. The number of carbonyl (C=O) groups excluding carboxylic acids is 2. The van der Waals surface area contributed by atoms with Crippen LogP contribution in [0.5, 0.6) is 0 Å². The Morgan fingerprint density at radius 3 is 2.50 bits per heavy atom. The van der Waals surface area contributed by atoms with E-state index in [9.17, 15) is 19.5 Å². The summed E-state index contributed by atoms with van der Waals surface area (Å²) in [6.45, 7) is 1.14. The zero-order valence-electron chi connectivity index (χ0n) is 22.4. The van der Waals surface area contributed by atoms with Crippen molar-refractivity contribution in [3.8, 4) is 0 Å². The van der Waals surface area contributed by atoms with Gasteiger partial charge in [-0.1, -0.05) is 54.1 Å². The van der Waals surface area contributed by atoms with E-state index in [1.165, 1.54) is 6.20 Å². The monoisotopic (exact) mass is 558 g/mol. The van der Waals surface area contributed by atoms with Gasteiger partial charge >= 0.3 is 0 Å². The molecule has 0 spiro atoms. The van der Waals surface area contributed by atoms with Crippen LogP contribution in [0, 0.1) is 0 Å². The fourth-order valence-corrected chi connectivity index (χ4v) is 5.29. The molecular formula is C31H31ClN4O4. The molecule has 1 aliphatic heterocycles. The van der Waals surface area contributed by atoms with Gasteiger partial charge in [-0.3, -0.25) is 19.3 Å². The Morgan fingerprint density at radius 1 is 1.05 bits per heavy atom. The maximum atomic E-state index is 13.6. The minimum absolute atomic E-state index is 0.0199. The van der Waals surface area contributed by atoms with Crippen molar-refractivity contribution < 1.29 is 14.7 Å². The molecule has 0 fully saturated rings.